The minimum Gasteiger partial charge on any atom is -0.484 e. The third-order valence-electron chi connectivity index (χ3n) is 5.12. The van der Waals surface area contributed by atoms with Crippen LogP contribution in [0.15, 0.2) is 59.9 Å². The van der Waals surface area contributed by atoms with Gasteiger partial charge >= 0.3 is 11.9 Å². The molecule has 2 atom stereocenters. The van der Waals surface area contributed by atoms with E-state index in [1.54, 1.807) is 12.4 Å². The number of aliphatic carboxylic acids is 2. The number of benzene rings is 1. The summed E-state index contributed by atoms with van der Waals surface area (Å²) in [6.45, 7) is 5.31. The summed E-state index contributed by atoms with van der Waals surface area (Å²) in [5.74, 6) is 0.0652. The molecular formula is C23H28N6O5. The van der Waals surface area contributed by atoms with Crippen molar-refractivity contribution in [2.45, 2.75) is 25.6 Å². The summed E-state index contributed by atoms with van der Waals surface area (Å²) in [6.07, 6.45) is 5.69. The Kier molecular flexibility index (Phi) is 9.06. The average molecular weight is 469 g/mol. The Hall–Kier alpha value is -3.83. The molecule has 1 saturated heterocycles. The number of hydrogen-bond acceptors (Lipinski definition) is 8. The third kappa shape index (κ3) is 7.09. The lowest BCUT2D eigenvalue weighted by Gasteiger charge is -2.39. The zero-order valence-corrected chi connectivity index (χ0v) is 18.8. The SMILES string of the molecule is CCC(N=C1COc2ccccc2N1)N1CCNCC1c1ncccn1.O=C(O)C=CC(=O)O. The number of rotatable bonds is 6. The van der Waals surface area contributed by atoms with Crippen LogP contribution in [-0.4, -0.2) is 75.3 Å². The maximum absolute atomic E-state index is 9.55. The Morgan fingerprint density at radius 3 is 2.59 bits per heavy atom. The van der Waals surface area contributed by atoms with Crippen molar-refractivity contribution in [1.82, 2.24) is 20.2 Å². The Morgan fingerprint density at radius 2 is 1.91 bits per heavy atom. The number of carboxylic acids is 2. The van der Waals surface area contributed by atoms with Crippen molar-refractivity contribution < 1.29 is 24.5 Å². The molecule has 0 aliphatic carbocycles. The molecule has 11 heteroatoms. The highest BCUT2D eigenvalue weighted by molar-refractivity contribution is 5.99. The fraction of sp³-hybridized carbons (Fsp3) is 0.348. The first-order valence-corrected chi connectivity index (χ1v) is 10.9. The number of nitrogens with zero attached hydrogens (tertiary/aromatic N) is 4. The predicted molar refractivity (Wildman–Crippen MR) is 126 cm³/mol. The summed E-state index contributed by atoms with van der Waals surface area (Å²) in [5, 5.41) is 22.5. The molecule has 4 rings (SSSR count). The van der Waals surface area contributed by atoms with E-state index in [0.717, 1.165) is 49.2 Å². The van der Waals surface area contributed by atoms with Gasteiger partial charge < -0.3 is 25.6 Å². The third-order valence-corrected chi connectivity index (χ3v) is 5.12. The zero-order chi connectivity index (χ0) is 24.3. The highest BCUT2D eigenvalue weighted by Crippen LogP contribution is 2.28. The molecule has 180 valence electrons. The molecule has 1 aromatic carbocycles. The molecular weight excluding hydrogens is 440 g/mol. The minimum atomic E-state index is -1.26. The van der Waals surface area contributed by atoms with Crippen LogP contribution in [0.4, 0.5) is 5.69 Å². The lowest BCUT2D eigenvalue weighted by Crippen LogP contribution is -2.50. The normalized spacial score (nSPS) is 19.8. The number of aromatic nitrogens is 2. The topological polar surface area (TPSA) is 149 Å². The average Bonchev–Trinajstić information content (AvgIpc) is 2.87. The second-order valence-corrected chi connectivity index (χ2v) is 7.45. The molecule has 4 N–H and O–H groups in total. The van der Waals surface area contributed by atoms with Gasteiger partial charge in [0.2, 0.25) is 0 Å². The number of aliphatic imine (C=N–C) groups is 1. The van der Waals surface area contributed by atoms with Gasteiger partial charge in [-0.3, -0.25) is 4.90 Å². The van der Waals surface area contributed by atoms with Crippen molar-refractivity contribution >= 4 is 23.5 Å². The number of carbonyl (C=O) groups is 2. The molecule has 2 aliphatic heterocycles. The molecule has 3 heterocycles. The highest BCUT2D eigenvalue weighted by atomic mass is 16.5. The lowest BCUT2D eigenvalue weighted by atomic mass is 10.1. The standard InChI is InChI=1S/C19H24N6O.C4H4O4/c1-2-18(24-17-13-26-16-7-4-3-6-14(16)23-17)25-11-10-20-12-15(25)19-21-8-5-9-22-19;5-3(6)1-2-4(7)8/h3-9,15,18,20H,2,10-13H2,1H3,(H,23,24);1-2H,(H,5,6)(H,7,8). The van der Waals surface area contributed by atoms with E-state index in [1.165, 1.54) is 0 Å². The molecule has 34 heavy (non-hydrogen) atoms. The molecule has 0 spiro atoms. The van der Waals surface area contributed by atoms with Crippen LogP contribution in [0.5, 0.6) is 5.75 Å². The zero-order valence-electron chi connectivity index (χ0n) is 18.8. The molecule has 2 aliphatic rings. The lowest BCUT2D eigenvalue weighted by molar-refractivity contribution is -0.134. The van der Waals surface area contributed by atoms with Gasteiger partial charge in [0.25, 0.3) is 0 Å². The van der Waals surface area contributed by atoms with Crippen molar-refractivity contribution in [3.8, 4) is 5.75 Å². The van der Waals surface area contributed by atoms with Crippen molar-refractivity contribution in [2.24, 2.45) is 4.99 Å². The number of fused-ring (bicyclic) bond motifs is 1. The molecule has 0 saturated carbocycles. The van der Waals surface area contributed by atoms with Crippen molar-refractivity contribution in [1.29, 1.82) is 0 Å². The van der Waals surface area contributed by atoms with Gasteiger partial charge in [0.1, 0.15) is 30.2 Å². The van der Waals surface area contributed by atoms with E-state index in [-0.39, 0.29) is 12.2 Å². The molecule has 1 fully saturated rings. The molecule has 2 aromatic rings. The summed E-state index contributed by atoms with van der Waals surface area (Å²) in [6, 6.07) is 9.92. The maximum Gasteiger partial charge on any atom is 0.328 e. The van der Waals surface area contributed by atoms with E-state index < -0.39 is 11.9 Å². The van der Waals surface area contributed by atoms with Crippen LogP contribution >= 0.6 is 0 Å². The van der Waals surface area contributed by atoms with E-state index in [9.17, 15) is 9.59 Å². The number of carboxylic acid groups (broad SMARTS) is 2. The first kappa shape index (κ1) is 24.8. The number of anilines is 1. The van der Waals surface area contributed by atoms with Gasteiger partial charge in [-0.2, -0.15) is 0 Å². The molecule has 0 radical (unpaired) electrons. The second kappa shape index (κ2) is 12.4. The van der Waals surface area contributed by atoms with Gasteiger partial charge in [-0.25, -0.2) is 24.5 Å². The fourth-order valence-corrected chi connectivity index (χ4v) is 3.62. The first-order valence-electron chi connectivity index (χ1n) is 10.9. The van der Waals surface area contributed by atoms with Crippen molar-refractivity contribution in [2.75, 3.05) is 31.6 Å². The smallest absolute Gasteiger partial charge is 0.328 e. The van der Waals surface area contributed by atoms with Crippen molar-refractivity contribution in [3.05, 3.63) is 60.7 Å². The van der Waals surface area contributed by atoms with E-state index in [1.807, 2.05) is 30.3 Å². The fourth-order valence-electron chi connectivity index (χ4n) is 3.62. The molecule has 11 nitrogen and oxygen atoms in total. The molecule has 0 bridgehead atoms. The van der Waals surface area contributed by atoms with Crippen LogP contribution in [0.1, 0.15) is 25.2 Å². The van der Waals surface area contributed by atoms with Crippen LogP contribution in [0.25, 0.3) is 0 Å². The summed E-state index contributed by atoms with van der Waals surface area (Å²) >= 11 is 0. The molecule has 2 unspecified atom stereocenters. The largest absolute Gasteiger partial charge is 0.484 e. The van der Waals surface area contributed by atoms with Gasteiger partial charge in [-0.05, 0) is 24.6 Å². The molecule has 0 amide bonds. The van der Waals surface area contributed by atoms with Crippen LogP contribution in [0.2, 0.25) is 0 Å². The summed E-state index contributed by atoms with van der Waals surface area (Å²) in [7, 11) is 0. The highest BCUT2D eigenvalue weighted by Gasteiger charge is 2.31. The minimum absolute atomic E-state index is 0.0577. The Balaban J connectivity index is 0.000000350. The number of para-hydroxylation sites is 2. The summed E-state index contributed by atoms with van der Waals surface area (Å²) in [4.78, 5) is 35.4. The van der Waals surface area contributed by atoms with Gasteiger partial charge in [0.05, 0.1) is 11.7 Å². The number of hydrogen-bond donors (Lipinski definition) is 4. The number of piperazine rings is 1. The Labute approximate surface area is 197 Å². The van der Waals surface area contributed by atoms with Crippen LogP contribution in [0, 0.1) is 0 Å². The Bertz CT molecular complexity index is 1010. The summed E-state index contributed by atoms with van der Waals surface area (Å²) < 4.78 is 5.83. The van der Waals surface area contributed by atoms with E-state index in [2.05, 4.69) is 32.4 Å². The Morgan fingerprint density at radius 1 is 1.21 bits per heavy atom. The van der Waals surface area contributed by atoms with Gasteiger partial charge in [0, 0.05) is 44.2 Å². The number of amidine groups is 1. The quantitative estimate of drug-likeness (QED) is 0.462. The van der Waals surface area contributed by atoms with Gasteiger partial charge in [0.15, 0.2) is 0 Å². The number of nitrogens with one attached hydrogen (secondary N) is 2. The van der Waals surface area contributed by atoms with Crippen molar-refractivity contribution in [3.63, 3.8) is 0 Å². The van der Waals surface area contributed by atoms with E-state index in [4.69, 9.17) is 19.9 Å². The predicted octanol–water partition coefficient (Wildman–Crippen LogP) is 1.77. The van der Waals surface area contributed by atoms with Crippen LogP contribution in [-0.2, 0) is 9.59 Å². The second-order valence-electron chi connectivity index (χ2n) is 7.45. The maximum atomic E-state index is 9.55. The summed E-state index contributed by atoms with van der Waals surface area (Å²) in [5.41, 5.74) is 0.968. The van der Waals surface area contributed by atoms with Gasteiger partial charge in [-0.15, -0.1) is 0 Å². The molecule has 1 aromatic heterocycles. The van der Waals surface area contributed by atoms with E-state index >= 15 is 0 Å². The van der Waals surface area contributed by atoms with E-state index in [0.29, 0.717) is 18.8 Å². The monoisotopic (exact) mass is 468 g/mol. The first-order chi connectivity index (χ1) is 16.5. The number of ether oxygens (including phenoxy) is 1. The van der Waals surface area contributed by atoms with Gasteiger partial charge in [-0.1, -0.05) is 19.1 Å². The van der Waals surface area contributed by atoms with Crippen LogP contribution < -0.4 is 15.4 Å². The van der Waals surface area contributed by atoms with Crippen LogP contribution in [0.3, 0.4) is 0 Å².